The molecule has 1 aliphatic rings. The van der Waals surface area contributed by atoms with Gasteiger partial charge in [0.25, 0.3) is 5.95 Å². The monoisotopic (exact) mass is 458 g/mol. The van der Waals surface area contributed by atoms with E-state index in [-0.39, 0.29) is 11.8 Å². The first kappa shape index (κ1) is 21.1. The van der Waals surface area contributed by atoms with Gasteiger partial charge in [0.2, 0.25) is 5.91 Å². The molecular weight excluding hydrogens is 436 g/mol. The molecule has 33 heavy (non-hydrogen) atoms. The van der Waals surface area contributed by atoms with E-state index in [1.165, 1.54) is 4.90 Å². The van der Waals surface area contributed by atoms with Crippen LogP contribution in [-0.4, -0.2) is 44.2 Å². The second-order valence-electron chi connectivity index (χ2n) is 7.71. The molecule has 0 saturated carbocycles. The van der Waals surface area contributed by atoms with Crippen LogP contribution in [0.25, 0.3) is 17.2 Å². The summed E-state index contributed by atoms with van der Waals surface area (Å²) in [6.07, 6.45) is 4.01. The number of carbonyl (C=O) groups is 1. The lowest BCUT2D eigenvalue weighted by Crippen LogP contribution is -2.25. The molecule has 3 heterocycles. The number of nitrogens with zero attached hydrogens (tertiary/aromatic N) is 5. The first-order valence-electron chi connectivity index (χ1n) is 10.4. The maximum absolute atomic E-state index is 12.6. The summed E-state index contributed by atoms with van der Waals surface area (Å²) in [6.45, 7) is 1.94. The van der Waals surface area contributed by atoms with E-state index in [9.17, 15) is 4.79 Å². The summed E-state index contributed by atoms with van der Waals surface area (Å²) in [5.41, 5.74) is 4.40. The van der Waals surface area contributed by atoms with E-state index in [4.69, 9.17) is 4.74 Å². The van der Waals surface area contributed by atoms with Crippen molar-refractivity contribution in [3.8, 4) is 23.0 Å². The van der Waals surface area contributed by atoms with Crippen LogP contribution in [0.5, 0.6) is 5.75 Å². The smallest absolute Gasteiger partial charge is 0.272 e. The fraction of sp³-hybridized carbons (Fsp3) is 0.208. The molecule has 0 bridgehead atoms. The molecule has 4 aromatic rings. The molecule has 0 aliphatic carbocycles. The molecular formula is C24H22N6O2S. The highest BCUT2D eigenvalue weighted by molar-refractivity contribution is 7.98. The van der Waals surface area contributed by atoms with Gasteiger partial charge in [-0.1, -0.05) is 12.1 Å². The van der Waals surface area contributed by atoms with E-state index in [1.807, 2.05) is 37.4 Å². The van der Waals surface area contributed by atoms with Crippen LogP contribution in [-0.2, 0) is 4.79 Å². The largest absolute Gasteiger partial charge is 0.497 e. The Labute approximate surface area is 195 Å². The topological polar surface area (TPSA) is 94.8 Å². The number of thioether (sulfide) groups is 1. The third-order valence-corrected chi connectivity index (χ3v) is 6.49. The van der Waals surface area contributed by atoms with Crippen molar-refractivity contribution in [2.75, 3.05) is 18.7 Å². The Kier molecular flexibility index (Phi) is 5.55. The van der Waals surface area contributed by atoms with Gasteiger partial charge in [0.15, 0.2) is 0 Å². The van der Waals surface area contributed by atoms with Crippen molar-refractivity contribution < 1.29 is 9.53 Å². The van der Waals surface area contributed by atoms with Gasteiger partial charge in [-0.3, -0.25) is 4.79 Å². The number of rotatable bonds is 5. The molecule has 0 saturated heterocycles. The summed E-state index contributed by atoms with van der Waals surface area (Å²) in [6, 6.07) is 15.9. The molecule has 9 heteroatoms. The highest BCUT2D eigenvalue weighted by Gasteiger charge is 2.33. The van der Waals surface area contributed by atoms with Crippen LogP contribution in [0.2, 0.25) is 0 Å². The van der Waals surface area contributed by atoms with Crippen LogP contribution in [0.3, 0.4) is 0 Å². The fourth-order valence-corrected chi connectivity index (χ4v) is 4.51. The second-order valence-corrected chi connectivity index (χ2v) is 8.59. The van der Waals surface area contributed by atoms with E-state index in [0.717, 1.165) is 28.1 Å². The number of methoxy groups -OCH3 is 1. The molecule has 1 aliphatic heterocycles. The minimum Gasteiger partial charge on any atom is -0.497 e. The number of hydrogen-bond acceptors (Lipinski definition) is 7. The Morgan fingerprint density at radius 3 is 2.58 bits per heavy atom. The maximum Gasteiger partial charge on any atom is 0.272 e. The molecule has 0 fully saturated rings. The van der Waals surface area contributed by atoms with Gasteiger partial charge in [-0.15, -0.1) is 16.9 Å². The molecule has 8 nitrogen and oxygen atoms in total. The molecule has 0 radical (unpaired) electrons. The van der Waals surface area contributed by atoms with E-state index in [1.54, 1.807) is 29.8 Å². The average molecular weight is 459 g/mol. The lowest BCUT2D eigenvalue weighted by atomic mass is 9.86. The fourth-order valence-electron chi connectivity index (χ4n) is 4.10. The van der Waals surface area contributed by atoms with E-state index in [2.05, 4.69) is 49.9 Å². The lowest BCUT2D eigenvalue weighted by Gasteiger charge is -2.24. The second kappa shape index (κ2) is 8.67. The van der Waals surface area contributed by atoms with E-state index < -0.39 is 0 Å². The van der Waals surface area contributed by atoms with Gasteiger partial charge in [-0.25, -0.2) is 4.98 Å². The van der Waals surface area contributed by atoms with E-state index in [0.29, 0.717) is 23.9 Å². The van der Waals surface area contributed by atoms with Gasteiger partial charge >= 0.3 is 0 Å². The first-order valence-corrected chi connectivity index (χ1v) is 11.7. The van der Waals surface area contributed by atoms with Gasteiger partial charge in [0.1, 0.15) is 11.6 Å². The third kappa shape index (κ3) is 3.95. The number of aromatic nitrogens is 5. The van der Waals surface area contributed by atoms with Crippen LogP contribution < -0.4 is 10.1 Å². The van der Waals surface area contributed by atoms with Crippen molar-refractivity contribution in [2.45, 2.75) is 24.2 Å². The number of fused-ring (bicyclic) bond motifs is 1. The number of anilines is 1. The van der Waals surface area contributed by atoms with Crippen LogP contribution in [0.1, 0.15) is 29.2 Å². The van der Waals surface area contributed by atoms with Crippen molar-refractivity contribution in [1.29, 1.82) is 0 Å². The molecule has 0 spiro atoms. The summed E-state index contributed by atoms with van der Waals surface area (Å²) < 4.78 is 6.80. The Morgan fingerprint density at radius 2 is 1.88 bits per heavy atom. The predicted octanol–water partition coefficient (Wildman–Crippen LogP) is 4.24. The quantitative estimate of drug-likeness (QED) is 0.447. The Hall–Kier alpha value is -3.72. The van der Waals surface area contributed by atoms with Gasteiger partial charge in [0, 0.05) is 28.4 Å². The number of hydrogen-bond donors (Lipinski definition) is 1. The van der Waals surface area contributed by atoms with E-state index >= 15 is 0 Å². The van der Waals surface area contributed by atoms with Crippen molar-refractivity contribution in [3.63, 3.8) is 0 Å². The number of carbonyl (C=O) groups excluding carboxylic acids is 1. The molecule has 166 valence electrons. The van der Waals surface area contributed by atoms with Gasteiger partial charge < -0.3 is 10.1 Å². The lowest BCUT2D eigenvalue weighted by molar-refractivity contribution is -0.116. The molecule has 2 aromatic carbocycles. The van der Waals surface area contributed by atoms with Gasteiger partial charge in [0.05, 0.1) is 24.7 Å². The molecule has 1 amide bonds. The average Bonchev–Trinajstić information content (AvgIpc) is 3.19. The summed E-state index contributed by atoms with van der Waals surface area (Å²) >= 11 is 1.69. The number of nitrogens with one attached hydrogen (secondary N) is 1. The molecule has 2 aromatic heterocycles. The van der Waals surface area contributed by atoms with Crippen molar-refractivity contribution in [2.24, 2.45) is 0 Å². The van der Waals surface area contributed by atoms with Gasteiger partial charge in [-0.2, -0.15) is 14.9 Å². The summed E-state index contributed by atoms with van der Waals surface area (Å²) in [7, 11) is 1.63. The van der Waals surface area contributed by atoms with Crippen molar-refractivity contribution in [3.05, 3.63) is 71.5 Å². The summed E-state index contributed by atoms with van der Waals surface area (Å²) in [4.78, 5) is 18.5. The third-order valence-electron chi connectivity index (χ3n) is 5.74. The van der Waals surface area contributed by atoms with Crippen LogP contribution in [0.4, 0.5) is 5.82 Å². The van der Waals surface area contributed by atoms with Crippen LogP contribution >= 0.6 is 11.8 Å². The first-order chi connectivity index (χ1) is 16.1. The predicted molar refractivity (Wildman–Crippen MR) is 127 cm³/mol. The maximum atomic E-state index is 12.6. The Balaban J connectivity index is 1.56. The van der Waals surface area contributed by atoms with Gasteiger partial charge in [-0.05, 0) is 55.1 Å². The number of benzene rings is 2. The zero-order chi connectivity index (χ0) is 22.9. The number of amides is 1. The summed E-state index contributed by atoms with van der Waals surface area (Å²) in [5.74, 6) is 1.50. The zero-order valence-corrected chi connectivity index (χ0v) is 19.3. The molecule has 0 unspecified atom stereocenters. The summed E-state index contributed by atoms with van der Waals surface area (Å²) in [5, 5.41) is 16.0. The van der Waals surface area contributed by atoms with Crippen molar-refractivity contribution in [1.82, 2.24) is 25.0 Å². The zero-order valence-electron chi connectivity index (χ0n) is 18.4. The van der Waals surface area contributed by atoms with Crippen LogP contribution in [0.15, 0.2) is 59.6 Å². The Morgan fingerprint density at radius 1 is 1.12 bits per heavy atom. The molecule has 1 atom stereocenters. The SMILES string of the molecule is COc1ccc(-c2cnnc(-n3nc(C)c4c3NC(=O)C[C@H]4c3ccc(SC)cc3)n2)cc1. The van der Waals surface area contributed by atoms with Crippen LogP contribution in [0, 0.1) is 6.92 Å². The molecule has 5 rings (SSSR count). The van der Waals surface area contributed by atoms with Crippen molar-refractivity contribution >= 4 is 23.5 Å². The minimum absolute atomic E-state index is 0.0677. The number of aryl methyl sites for hydroxylation is 1. The minimum atomic E-state index is -0.0869. The highest BCUT2D eigenvalue weighted by Crippen LogP contribution is 2.40. The number of ether oxygens (including phenoxy) is 1. The highest BCUT2D eigenvalue weighted by atomic mass is 32.2. The Bertz CT molecular complexity index is 1320. The molecule has 1 N–H and O–H groups in total. The standard InChI is InChI=1S/C24H22N6O2S/c1-14-22-19(15-6-10-18(33-3)11-7-15)12-21(31)27-23(22)30(29-14)24-26-20(13-25-28-24)16-4-8-17(32-2)9-5-16/h4-11,13,19H,12H2,1-3H3,(H,27,31)/t19-/m0/s1. The normalized spacial score (nSPS) is 15.1.